The van der Waals surface area contributed by atoms with Gasteiger partial charge in [0.2, 0.25) is 11.8 Å². The van der Waals surface area contributed by atoms with Crippen LogP contribution in [-0.2, 0) is 15.0 Å². The maximum atomic E-state index is 14.3. The highest BCUT2D eigenvalue weighted by atomic mass is 35.5. The van der Waals surface area contributed by atoms with E-state index >= 15 is 0 Å². The molecule has 1 saturated heterocycles. The molecule has 0 unspecified atom stereocenters. The normalized spacial score (nSPS) is 20.0. The quantitative estimate of drug-likeness (QED) is 0.392. The fourth-order valence-corrected chi connectivity index (χ4v) is 5.19. The van der Waals surface area contributed by atoms with Gasteiger partial charge in [0.25, 0.3) is 0 Å². The standard InChI is InChI=1S/C25H20Cl3NO3/c1-24(2)22(30)29(20-13-18(27)12-19(28)14-20)23(31)25(24,15-4-8-17(26)9-5-15)16-6-10-21(32-3)11-7-16/h4-14H,1-3H3/t25-/m0/s1. The van der Waals surface area contributed by atoms with Crippen LogP contribution in [0.2, 0.25) is 15.1 Å². The fourth-order valence-electron chi connectivity index (χ4n) is 4.55. The molecule has 1 heterocycles. The summed E-state index contributed by atoms with van der Waals surface area (Å²) >= 11 is 18.5. The minimum Gasteiger partial charge on any atom is -0.497 e. The van der Waals surface area contributed by atoms with Gasteiger partial charge >= 0.3 is 0 Å². The van der Waals surface area contributed by atoms with Crippen LogP contribution in [0.4, 0.5) is 5.69 Å². The van der Waals surface area contributed by atoms with Crippen LogP contribution in [0.1, 0.15) is 25.0 Å². The molecule has 1 fully saturated rings. The predicted octanol–water partition coefficient (Wildman–Crippen LogP) is 6.54. The second kappa shape index (κ2) is 8.11. The van der Waals surface area contributed by atoms with Crippen molar-refractivity contribution >= 4 is 52.3 Å². The van der Waals surface area contributed by atoms with E-state index in [9.17, 15) is 9.59 Å². The molecule has 0 saturated carbocycles. The highest BCUT2D eigenvalue weighted by Gasteiger charge is 2.66. The fraction of sp³-hybridized carbons (Fsp3) is 0.200. The van der Waals surface area contributed by atoms with Gasteiger partial charge in [-0.25, -0.2) is 4.90 Å². The largest absolute Gasteiger partial charge is 0.497 e. The molecule has 32 heavy (non-hydrogen) atoms. The molecule has 4 nitrogen and oxygen atoms in total. The average Bonchev–Trinajstić information content (AvgIpc) is 2.90. The third-order valence-corrected chi connectivity index (χ3v) is 6.79. The van der Waals surface area contributed by atoms with E-state index in [2.05, 4.69) is 0 Å². The van der Waals surface area contributed by atoms with Crippen LogP contribution in [0.5, 0.6) is 5.75 Å². The van der Waals surface area contributed by atoms with Crippen molar-refractivity contribution in [3.8, 4) is 5.75 Å². The molecule has 3 aromatic rings. The van der Waals surface area contributed by atoms with Crippen molar-refractivity contribution in [3.63, 3.8) is 0 Å². The van der Waals surface area contributed by atoms with E-state index in [1.807, 2.05) is 12.1 Å². The maximum Gasteiger partial charge on any atom is 0.249 e. The number of halogens is 3. The van der Waals surface area contributed by atoms with Gasteiger partial charge in [0, 0.05) is 15.1 Å². The lowest BCUT2D eigenvalue weighted by Gasteiger charge is -2.38. The van der Waals surface area contributed by atoms with Gasteiger partial charge in [0.1, 0.15) is 11.2 Å². The van der Waals surface area contributed by atoms with Crippen molar-refractivity contribution in [1.29, 1.82) is 0 Å². The van der Waals surface area contributed by atoms with Crippen molar-refractivity contribution in [1.82, 2.24) is 0 Å². The molecule has 1 aliphatic heterocycles. The van der Waals surface area contributed by atoms with Crippen LogP contribution < -0.4 is 9.64 Å². The Morgan fingerprint density at radius 2 is 1.22 bits per heavy atom. The molecule has 7 heteroatoms. The van der Waals surface area contributed by atoms with E-state index in [-0.39, 0.29) is 5.91 Å². The van der Waals surface area contributed by atoms with Crippen LogP contribution in [-0.4, -0.2) is 18.9 Å². The van der Waals surface area contributed by atoms with Gasteiger partial charge < -0.3 is 4.74 Å². The highest BCUT2D eigenvalue weighted by Crippen LogP contribution is 2.55. The summed E-state index contributed by atoms with van der Waals surface area (Å²) in [6, 6.07) is 18.9. The lowest BCUT2D eigenvalue weighted by Crippen LogP contribution is -2.46. The lowest BCUT2D eigenvalue weighted by atomic mass is 9.59. The second-order valence-corrected chi connectivity index (χ2v) is 9.49. The second-order valence-electron chi connectivity index (χ2n) is 8.18. The smallest absolute Gasteiger partial charge is 0.249 e. The Morgan fingerprint density at radius 3 is 1.72 bits per heavy atom. The molecule has 164 valence electrons. The van der Waals surface area contributed by atoms with Gasteiger partial charge in [0.05, 0.1) is 18.2 Å². The number of hydrogen-bond donors (Lipinski definition) is 0. The van der Waals surface area contributed by atoms with Crippen molar-refractivity contribution in [2.24, 2.45) is 5.41 Å². The van der Waals surface area contributed by atoms with E-state index in [1.165, 1.54) is 4.90 Å². The number of anilines is 1. The van der Waals surface area contributed by atoms with Gasteiger partial charge in [0.15, 0.2) is 0 Å². The minimum atomic E-state index is -1.31. The third-order valence-electron chi connectivity index (χ3n) is 6.10. The third kappa shape index (κ3) is 3.29. The van der Waals surface area contributed by atoms with E-state index in [1.54, 1.807) is 75.6 Å². The maximum absolute atomic E-state index is 14.3. The van der Waals surface area contributed by atoms with Crippen molar-refractivity contribution in [2.75, 3.05) is 12.0 Å². The first-order valence-corrected chi connectivity index (χ1v) is 11.0. The van der Waals surface area contributed by atoms with E-state index in [4.69, 9.17) is 39.5 Å². The van der Waals surface area contributed by atoms with Crippen LogP contribution in [0.15, 0.2) is 66.7 Å². The Kier molecular flexibility index (Phi) is 5.74. The molecule has 2 amide bonds. The van der Waals surface area contributed by atoms with Crippen LogP contribution in [0, 0.1) is 5.41 Å². The monoisotopic (exact) mass is 487 g/mol. The molecule has 3 aromatic carbocycles. The molecular weight excluding hydrogens is 469 g/mol. The zero-order valence-corrected chi connectivity index (χ0v) is 19.9. The first-order chi connectivity index (χ1) is 15.1. The summed E-state index contributed by atoms with van der Waals surface area (Å²) in [5.74, 6) is -0.0991. The zero-order chi connectivity index (χ0) is 23.3. The van der Waals surface area contributed by atoms with E-state index in [0.717, 1.165) is 0 Å². The van der Waals surface area contributed by atoms with Gasteiger partial charge in [-0.15, -0.1) is 0 Å². The Morgan fingerprint density at radius 1 is 0.719 bits per heavy atom. The summed E-state index contributed by atoms with van der Waals surface area (Å²) in [5, 5.41) is 1.20. The van der Waals surface area contributed by atoms with E-state index < -0.39 is 16.7 Å². The van der Waals surface area contributed by atoms with Crippen LogP contribution >= 0.6 is 34.8 Å². The first kappa shape index (κ1) is 22.7. The predicted molar refractivity (Wildman–Crippen MR) is 128 cm³/mol. The SMILES string of the molecule is COc1ccc([C@@]2(c3ccc(Cl)cc3)C(=O)N(c3cc(Cl)cc(Cl)c3)C(=O)C2(C)C)cc1. The molecule has 0 aromatic heterocycles. The number of ether oxygens (including phenoxy) is 1. The molecule has 0 N–H and O–H groups in total. The summed E-state index contributed by atoms with van der Waals surface area (Å²) in [5.41, 5.74) is -0.794. The van der Waals surface area contributed by atoms with Gasteiger partial charge in [-0.2, -0.15) is 0 Å². The molecular formula is C25H20Cl3NO3. The Hall–Kier alpha value is -2.53. The topological polar surface area (TPSA) is 46.6 Å². The Labute approximate surface area is 201 Å². The Balaban J connectivity index is 2.02. The Bertz CT molecular complexity index is 1190. The molecule has 1 atom stereocenters. The summed E-state index contributed by atoms with van der Waals surface area (Å²) in [6.45, 7) is 3.55. The minimum absolute atomic E-state index is 0.329. The number of imide groups is 1. The van der Waals surface area contributed by atoms with Crippen molar-refractivity contribution in [3.05, 3.63) is 92.9 Å². The molecule has 4 rings (SSSR count). The number of hydrogen-bond acceptors (Lipinski definition) is 3. The van der Waals surface area contributed by atoms with Gasteiger partial charge in [-0.3, -0.25) is 9.59 Å². The lowest BCUT2D eigenvalue weighted by molar-refractivity contribution is -0.125. The van der Waals surface area contributed by atoms with Crippen LogP contribution in [0.3, 0.4) is 0 Å². The van der Waals surface area contributed by atoms with Gasteiger partial charge in [-0.1, -0.05) is 59.1 Å². The number of carbonyl (C=O) groups is 2. The number of methoxy groups -OCH3 is 1. The highest BCUT2D eigenvalue weighted by molar-refractivity contribution is 6.36. The van der Waals surface area contributed by atoms with E-state index in [0.29, 0.717) is 37.6 Å². The average molecular weight is 489 g/mol. The number of rotatable bonds is 4. The summed E-state index contributed by atoms with van der Waals surface area (Å²) < 4.78 is 5.29. The summed E-state index contributed by atoms with van der Waals surface area (Å²) in [6.07, 6.45) is 0. The molecule has 1 aliphatic rings. The number of benzene rings is 3. The first-order valence-electron chi connectivity index (χ1n) is 9.88. The summed E-state index contributed by atoms with van der Waals surface area (Å²) in [7, 11) is 1.57. The summed E-state index contributed by atoms with van der Waals surface area (Å²) in [4.78, 5) is 29.2. The number of nitrogens with zero attached hydrogens (tertiary/aromatic N) is 1. The zero-order valence-electron chi connectivity index (χ0n) is 17.7. The molecule has 0 bridgehead atoms. The van der Waals surface area contributed by atoms with Gasteiger partial charge in [-0.05, 0) is 67.4 Å². The number of amides is 2. The molecule has 0 radical (unpaired) electrons. The number of carbonyl (C=O) groups excluding carboxylic acids is 2. The molecule has 0 aliphatic carbocycles. The molecule has 0 spiro atoms. The van der Waals surface area contributed by atoms with Crippen LogP contribution in [0.25, 0.3) is 0 Å². The van der Waals surface area contributed by atoms with Crippen molar-refractivity contribution in [2.45, 2.75) is 19.3 Å². The van der Waals surface area contributed by atoms with Crippen molar-refractivity contribution < 1.29 is 14.3 Å².